The fourth-order valence-electron chi connectivity index (χ4n) is 3.22. The van der Waals surface area contributed by atoms with Crippen LogP contribution in [0.3, 0.4) is 0 Å². The Bertz CT molecular complexity index is 520. The van der Waals surface area contributed by atoms with Gasteiger partial charge in [0.05, 0.1) is 12.7 Å². The van der Waals surface area contributed by atoms with Crippen molar-refractivity contribution >= 4 is 5.91 Å². The minimum Gasteiger partial charge on any atom is -0.375 e. The summed E-state index contributed by atoms with van der Waals surface area (Å²) >= 11 is 0. The molecule has 2 atom stereocenters. The summed E-state index contributed by atoms with van der Waals surface area (Å²) in [6.45, 7) is 6.98. The van der Waals surface area contributed by atoms with E-state index in [-0.39, 0.29) is 18.1 Å². The number of hydrogen-bond acceptors (Lipinski definition) is 4. The molecule has 0 unspecified atom stereocenters. The van der Waals surface area contributed by atoms with E-state index in [0.29, 0.717) is 13.2 Å². The number of carbonyl (C=O) groups is 1. The second-order valence-corrected chi connectivity index (χ2v) is 6.09. The van der Waals surface area contributed by atoms with E-state index < -0.39 is 0 Å². The number of morpholine rings is 1. The highest BCUT2D eigenvalue weighted by Crippen LogP contribution is 2.17. The van der Waals surface area contributed by atoms with Gasteiger partial charge < -0.3 is 15.4 Å². The summed E-state index contributed by atoms with van der Waals surface area (Å²) in [5.41, 5.74) is 2.87. The van der Waals surface area contributed by atoms with Gasteiger partial charge in [-0.05, 0) is 24.5 Å². The van der Waals surface area contributed by atoms with E-state index in [1.54, 1.807) is 0 Å². The lowest BCUT2D eigenvalue weighted by atomic mass is 10.00. The average Bonchev–Trinajstić information content (AvgIpc) is 2.55. The van der Waals surface area contributed by atoms with Crippen LogP contribution in [0.4, 0.5) is 0 Å². The van der Waals surface area contributed by atoms with Gasteiger partial charge in [-0.1, -0.05) is 24.3 Å². The predicted octanol–water partition coefficient (Wildman–Crippen LogP) is 0.538. The third-order valence-electron chi connectivity index (χ3n) is 4.54. The Morgan fingerprint density at radius 1 is 1.41 bits per heavy atom. The molecule has 2 heterocycles. The Morgan fingerprint density at radius 3 is 3.05 bits per heavy atom. The Balaban J connectivity index is 1.43. The molecule has 3 rings (SSSR count). The summed E-state index contributed by atoms with van der Waals surface area (Å²) < 4.78 is 5.51. The van der Waals surface area contributed by atoms with Crippen molar-refractivity contribution < 1.29 is 9.53 Å². The molecule has 1 aromatic rings. The fraction of sp³-hybridized carbons (Fsp3) is 0.588. The Labute approximate surface area is 132 Å². The van der Waals surface area contributed by atoms with Crippen molar-refractivity contribution in [1.29, 1.82) is 0 Å². The predicted molar refractivity (Wildman–Crippen MR) is 85.6 cm³/mol. The maximum Gasteiger partial charge on any atom is 0.239 e. The number of ether oxygens (including phenoxy) is 1. The van der Waals surface area contributed by atoms with Gasteiger partial charge in [-0.15, -0.1) is 0 Å². The number of hydrogen-bond donors (Lipinski definition) is 2. The van der Waals surface area contributed by atoms with Crippen LogP contribution in [0.2, 0.25) is 0 Å². The van der Waals surface area contributed by atoms with Gasteiger partial charge in [0.15, 0.2) is 0 Å². The summed E-state index contributed by atoms with van der Waals surface area (Å²) in [7, 11) is 0. The van der Waals surface area contributed by atoms with Crippen molar-refractivity contribution in [3.8, 4) is 0 Å². The van der Waals surface area contributed by atoms with Crippen LogP contribution in [0, 0.1) is 0 Å². The quantitative estimate of drug-likeness (QED) is 0.852. The number of benzene rings is 1. The van der Waals surface area contributed by atoms with Crippen LogP contribution in [0.25, 0.3) is 0 Å². The third-order valence-corrected chi connectivity index (χ3v) is 4.54. The normalized spacial score (nSPS) is 25.5. The van der Waals surface area contributed by atoms with Crippen LogP contribution in [0.1, 0.15) is 18.1 Å². The van der Waals surface area contributed by atoms with Crippen LogP contribution in [-0.4, -0.2) is 55.7 Å². The molecule has 2 N–H and O–H groups in total. The molecular formula is C17H25N3O2. The smallest absolute Gasteiger partial charge is 0.239 e. The van der Waals surface area contributed by atoms with E-state index >= 15 is 0 Å². The fourth-order valence-corrected chi connectivity index (χ4v) is 3.22. The Morgan fingerprint density at radius 2 is 2.23 bits per heavy atom. The van der Waals surface area contributed by atoms with Gasteiger partial charge in [-0.3, -0.25) is 9.69 Å². The number of rotatable bonds is 4. The van der Waals surface area contributed by atoms with Gasteiger partial charge in [0.1, 0.15) is 6.04 Å². The second kappa shape index (κ2) is 7.22. The molecule has 1 amide bonds. The largest absolute Gasteiger partial charge is 0.375 e. The molecule has 5 heteroatoms. The lowest BCUT2D eigenvalue weighted by molar-refractivity contribution is -0.128. The summed E-state index contributed by atoms with van der Waals surface area (Å²) in [6.07, 6.45) is 1.04. The van der Waals surface area contributed by atoms with E-state index in [4.69, 9.17) is 4.74 Å². The number of fused-ring (bicyclic) bond motifs is 1. The molecule has 22 heavy (non-hydrogen) atoms. The zero-order chi connectivity index (χ0) is 15.4. The van der Waals surface area contributed by atoms with Gasteiger partial charge in [-0.2, -0.15) is 0 Å². The van der Waals surface area contributed by atoms with Gasteiger partial charge >= 0.3 is 0 Å². The monoisotopic (exact) mass is 303 g/mol. The topological polar surface area (TPSA) is 53.6 Å². The molecular weight excluding hydrogens is 278 g/mol. The highest BCUT2D eigenvalue weighted by Gasteiger charge is 2.28. The molecule has 1 fully saturated rings. The van der Waals surface area contributed by atoms with Gasteiger partial charge in [0.25, 0.3) is 0 Å². The van der Waals surface area contributed by atoms with Gasteiger partial charge in [0.2, 0.25) is 5.91 Å². The maximum absolute atomic E-state index is 12.2. The number of nitrogens with zero attached hydrogens (tertiary/aromatic N) is 1. The standard InChI is InChI=1S/C17H25N3O2/c1-13-16(18-8-11-22-13)17(21)19-7-10-20-9-6-14-4-2-3-5-15(14)12-20/h2-5,13,16,18H,6-12H2,1H3,(H,19,21)/t13-,16+/m1/s1. The van der Waals surface area contributed by atoms with E-state index in [1.165, 1.54) is 11.1 Å². The molecule has 1 saturated heterocycles. The van der Waals surface area contributed by atoms with Crippen molar-refractivity contribution in [2.75, 3.05) is 32.8 Å². The molecule has 0 radical (unpaired) electrons. The van der Waals surface area contributed by atoms with Crippen molar-refractivity contribution in [3.63, 3.8) is 0 Å². The molecule has 1 aromatic carbocycles. The number of nitrogens with one attached hydrogen (secondary N) is 2. The van der Waals surface area contributed by atoms with E-state index in [0.717, 1.165) is 32.6 Å². The van der Waals surface area contributed by atoms with Crippen LogP contribution >= 0.6 is 0 Å². The lowest BCUT2D eigenvalue weighted by Gasteiger charge is -2.31. The van der Waals surface area contributed by atoms with Gasteiger partial charge in [0, 0.05) is 32.7 Å². The highest BCUT2D eigenvalue weighted by atomic mass is 16.5. The molecule has 0 spiro atoms. The lowest BCUT2D eigenvalue weighted by Crippen LogP contribution is -2.56. The van der Waals surface area contributed by atoms with Crippen LogP contribution in [-0.2, 0) is 22.5 Å². The Kier molecular flexibility index (Phi) is 5.08. The molecule has 120 valence electrons. The van der Waals surface area contributed by atoms with Crippen LogP contribution in [0.5, 0.6) is 0 Å². The maximum atomic E-state index is 12.2. The molecule has 0 aromatic heterocycles. The zero-order valence-electron chi connectivity index (χ0n) is 13.2. The van der Waals surface area contributed by atoms with Crippen molar-refractivity contribution in [2.24, 2.45) is 0 Å². The summed E-state index contributed by atoms with van der Waals surface area (Å²) in [5, 5.41) is 6.25. The summed E-state index contributed by atoms with van der Waals surface area (Å²) in [5.74, 6) is 0.0459. The molecule has 5 nitrogen and oxygen atoms in total. The first-order valence-corrected chi connectivity index (χ1v) is 8.16. The van der Waals surface area contributed by atoms with E-state index in [2.05, 4.69) is 39.8 Å². The molecule has 0 saturated carbocycles. The minimum atomic E-state index is -0.226. The number of amides is 1. The first-order chi connectivity index (χ1) is 10.7. The SMILES string of the molecule is C[C@H]1OCCN[C@@H]1C(=O)NCCN1CCc2ccccc2C1. The zero-order valence-corrected chi connectivity index (χ0v) is 13.2. The van der Waals surface area contributed by atoms with Crippen molar-refractivity contribution in [2.45, 2.75) is 32.0 Å². The van der Waals surface area contributed by atoms with Gasteiger partial charge in [-0.25, -0.2) is 0 Å². The molecule has 0 aliphatic carbocycles. The van der Waals surface area contributed by atoms with Crippen molar-refractivity contribution in [1.82, 2.24) is 15.5 Å². The molecule has 0 bridgehead atoms. The Hall–Kier alpha value is -1.43. The van der Waals surface area contributed by atoms with E-state index in [9.17, 15) is 4.79 Å². The first kappa shape index (κ1) is 15.5. The van der Waals surface area contributed by atoms with Crippen LogP contribution < -0.4 is 10.6 Å². The van der Waals surface area contributed by atoms with Crippen LogP contribution in [0.15, 0.2) is 24.3 Å². The first-order valence-electron chi connectivity index (χ1n) is 8.16. The number of carbonyl (C=O) groups excluding carboxylic acids is 1. The molecule has 2 aliphatic heterocycles. The molecule has 2 aliphatic rings. The highest BCUT2D eigenvalue weighted by molar-refractivity contribution is 5.82. The van der Waals surface area contributed by atoms with Crippen molar-refractivity contribution in [3.05, 3.63) is 35.4 Å². The average molecular weight is 303 g/mol. The van der Waals surface area contributed by atoms with E-state index in [1.807, 2.05) is 6.92 Å². The third kappa shape index (κ3) is 3.66. The summed E-state index contributed by atoms with van der Waals surface area (Å²) in [6, 6.07) is 8.39. The summed E-state index contributed by atoms with van der Waals surface area (Å²) in [4.78, 5) is 14.6. The second-order valence-electron chi connectivity index (χ2n) is 6.09. The minimum absolute atomic E-state index is 0.0459.